The van der Waals surface area contributed by atoms with Gasteiger partial charge in [-0.2, -0.15) is 0 Å². The molecule has 1 fully saturated rings. The molecule has 2 atom stereocenters. The van der Waals surface area contributed by atoms with Gasteiger partial charge in [0.25, 0.3) is 0 Å². The van der Waals surface area contributed by atoms with Crippen LogP contribution in [-0.2, 0) is 0 Å². The maximum atomic E-state index is 7.00. The summed E-state index contributed by atoms with van der Waals surface area (Å²) in [7, 11) is 1.00. The Morgan fingerprint density at radius 3 is 1.70 bits per heavy atom. The zero-order chi connectivity index (χ0) is 7.98. The molecular formula is C8H19NO. The molecule has 62 valence electrons. The van der Waals surface area contributed by atoms with Crippen LogP contribution in [0.15, 0.2) is 0 Å². The summed E-state index contributed by atoms with van der Waals surface area (Å²) in [6.45, 7) is 4.52. The fraction of sp³-hybridized carbons (Fsp3) is 1.00. The van der Waals surface area contributed by atoms with Crippen molar-refractivity contribution in [3.05, 3.63) is 0 Å². The Hall–Kier alpha value is -0.0800. The number of hydrogen-bond donors (Lipinski definition) is 2. The maximum Gasteiger partial charge on any atom is 0.0319 e. The quantitative estimate of drug-likeness (QED) is 0.536. The van der Waals surface area contributed by atoms with Gasteiger partial charge in [-0.05, 0) is 26.7 Å². The predicted molar refractivity (Wildman–Crippen MR) is 44.1 cm³/mol. The number of rotatable bonds is 0. The highest BCUT2D eigenvalue weighted by molar-refractivity contribution is 4.73. The first kappa shape index (κ1) is 9.92. The van der Waals surface area contributed by atoms with E-state index in [4.69, 9.17) is 5.11 Å². The standard InChI is InChI=1S/C7H15N.CH4O/c1-6-4-3-5-7(2)8-6;1-2/h6-8H,3-5H2,1-2H3;2H,1H3. The van der Waals surface area contributed by atoms with Gasteiger partial charge in [0.2, 0.25) is 0 Å². The molecule has 0 amide bonds. The van der Waals surface area contributed by atoms with Gasteiger partial charge in [-0.25, -0.2) is 0 Å². The van der Waals surface area contributed by atoms with Gasteiger partial charge in [0.15, 0.2) is 0 Å². The zero-order valence-electron chi connectivity index (χ0n) is 7.22. The molecule has 2 heteroatoms. The van der Waals surface area contributed by atoms with Gasteiger partial charge in [0.1, 0.15) is 0 Å². The molecule has 1 aliphatic heterocycles. The molecule has 0 radical (unpaired) electrons. The van der Waals surface area contributed by atoms with Crippen LogP contribution in [0.4, 0.5) is 0 Å². The summed E-state index contributed by atoms with van der Waals surface area (Å²) in [5, 5.41) is 10.5. The number of aliphatic hydroxyl groups excluding tert-OH is 1. The van der Waals surface area contributed by atoms with Gasteiger partial charge >= 0.3 is 0 Å². The highest BCUT2D eigenvalue weighted by Crippen LogP contribution is 2.10. The third kappa shape index (κ3) is 3.85. The fourth-order valence-electron chi connectivity index (χ4n) is 1.38. The van der Waals surface area contributed by atoms with Gasteiger partial charge in [0.05, 0.1) is 0 Å². The Labute approximate surface area is 63.6 Å². The van der Waals surface area contributed by atoms with Crippen molar-refractivity contribution in [3.8, 4) is 0 Å². The van der Waals surface area contributed by atoms with Crippen LogP contribution in [-0.4, -0.2) is 24.3 Å². The van der Waals surface area contributed by atoms with E-state index < -0.39 is 0 Å². The zero-order valence-corrected chi connectivity index (χ0v) is 7.22. The first-order valence-corrected chi connectivity index (χ1v) is 4.00. The average molecular weight is 145 g/mol. The lowest BCUT2D eigenvalue weighted by molar-refractivity contribution is 0.352. The summed E-state index contributed by atoms with van der Waals surface area (Å²) in [6.07, 6.45) is 4.14. The Balaban J connectivity index is 0.000000371. The molecular weight excluding hydrogens is 126 g/mol. The van der Waals surface area contributed by atoms with Crippen molar-refractivity contribution < 1.29 is 5.11 Å². The second kappa shape index (κ2) is 5.69. The van der Waals surface area contributed by atoms with Crippen molar-refractivity contribution in [3.63, 3.8) is 0 Å². The lowest BCUT2D eigenvalue weighted by Crippen LogP contribution is -2.38. The molecule has 0 aromatic carbocycles. The molecule has 0 aromatic rings. The van der Waals surface area contributed by atoms with Crippen LogP contribution in [0.5, 0.6) is 0 Å². The maximum absolute atomic E-state index is 7.00. The second-order valence-corrected chi connectivity index (χ2v) is 2.90. The Morgan fingerprint density at radius 2 is 1.50 bits per heavy atom. The van der Waals surface area contributed by atoms with Crippen LogP contribution in [0.1, 0.15) is 33.1 Å². The van der Waals surface area contributed by atoms with E-state index in [1.54, 1.807) is 0 Å². The van der Waals surface area contributed by atoms with E-state index in [2.05, 4.69) is 19.2 Å². The highest BCUT2D eigenvalue weighted by atomic mass is 16.2. The molecule has 0 aliphatic carbocycles. The summed E-state index contributed by atoms with van der Waals surface area (Å²) in [5.74, 6) is 0. The van der Waals surface area contributed by atoms with Crippen molar-refractivity contribution in [1.82, 2.24) is 5.32 Å². The van der Waals surface area contributed by atoms with Crippen molar-refractivity contribution in [2.45, 2.75) is 45.2 Å². The number of hydrogen-bond acceptors (Lipinski definition) is 2. The minimum Gasteiger partial charge on any atom is -0.400 e. The van der Waals surface area contributed by atoms with Crippen LogP contribution in [0, 0.1) is 0 Å². The molecule has 1 rings (SSSR count). The molecule has 1 aliphatic rings. The molecule has 2 unspecified atom stereocenters. The lowest BCUT2D eigenvalue weighted by atomic mass is 10.0. The highest BCUT2D eigenvalue weighted by Gasteiger charge is 2.11. The average Bonchev–Trinajstić information content (AvgIpc) is 1.91. The fourth-order valence-corrected chi connectivity index (χ4v) is 1.38. The SMILES string of the molecule is CC1CCCC(C)N1.CO. The van der Waals surface area contributed by atoms with E-state index in [1.807, 2.05) is 0 Å². The van der Waals surface area contributed by atoms with Gasteiger partial charge in [-0.15, -0.1) is 0 Å². The normalized spacial score (nSPS) is 32.4. The van der Waals surface area contributed by atoms with Gasteiger partial charge < -0.3 is 10.4 Å². The summed E-state index contributed by atoms with van der Waals surface area (Å²) in [5.41, 5.74) is 0. The Kier molecular flexibility index (Phi) is 5.64. The van der Waals surface area contributed by atoms with E-state index in [0.717, 1.165) is 19.2 Å². The molecule has 0 saturated carbocycles. The number of nitrogens with one attached hydrogen (secondary N) is 1. The third-order valence-corrected chi connectivity index (χ3v) is 1.84. The van der Waals surface area contributed by atoms with Crippen molar-refractivity contribution in [1.29, 1.82) is 0 Å². The van der Waals surface area contributed by atoms with Crippen molar-refractivity contribution >= 4 is 0 Å². The number of aliphatic hydroxyl groups is 1. The lowest BCUT2D eigenvalue weighted by Gasteiger charge is -2.25. The Morgan fingerprint density at radius 1 is 1.10 bits per heavy atom. The minimum absolute atomic E-state index is 0.763. The summed E-state index contributed by atoms with van der Waals surface area (Å²) in [4.78, 5) is 0. The smallest absolute Gasteiger partial charge is 0.0319 e. The summed E-state index contributed by atoms with van der Waals surface area (Å²) < 4.78 is 0. The van der Waals surface area contributed by atoms with Gasteiger partial charge in [0, 0.05) is 19.2 Å². The van der Waals surface area contributed by atoms with Crippen molar-refractivity contribution in [2.75, 3.05) is 7.11 Å². The molecule has 0 bridgehead atoms. The minimum atomic E-state index is 0.763. The van der Waals surface area contributed by atoms with Crippen LogP contribution < -0.4 is 5.32 Å². The second-order valence-electron chi connectivity index (χ2n) is 2.90. The molecule has 1 heterocycles. The molecule has 10 heavy (non-hydrogen) atoms. The summed E-state index contributed by atoms with van der Waals surface area (Å²) >= 11 is 0. The van der Waals surface area contributed by atoms with E-state index in [9.17, 15) is 0 Å². The topological polar surface area (TPSA) is 32.3 Å². The third-order valence-electron chi connectivity index (χ3n) is 1.84. The molecule has 2 nitrogen and oxygen atoms in total. The van der Waals surface area contributed by atoms with E-state index in [0.29, 0.717) is 0 Å². The van der Waals surface area contributed by atoms with E-state index in [-0.39, 0.29) is 0 Å². The molecule has 1 saturated heterocycles. The van der Waals surface area contributed by atoms with Crippen LogP contribution in [0.3, 0.4) is 0 Å². The van der Waals surface area contributed by atoms with Crippen LogP contribution in [0.2, 0.25) is 0 Å². The van der Waals surface area contributed by atoms with E-state index >= 15 is 0 Å². The molecule has 2 N–H and O–H groups in total. The number of piperidine rings is 1. The van der Waals surface area contributed by atoms with E-state index in [1.165, 1.54) is 19.3 Å². The monoisotopic (exact) mass is 145 g/mol. The molecule has 0 aromatic heterocycles. The van der Waals surface area contributed by atoms with Crippen LogP contribution in [0.25, 0.3) is 0 Å². The van der Waals surface area contributed by atoms with Crippen molar-refractivity contribution in [2.24, 2.45) is 0 Å². The van der Waals surface area contributed by atoms with Gasteiger partial charge in [-0.1, -0.05) is 6.42 Å². The summed E-state index contributed by atoms with van der Waals surface area (Å²) in [6, 6.07) is 1.53. The van der Waals surface area contributed by atoms with Crippen LogP contribution >= 0.6 is 0 Å². The predicted octanol–water partition coefficient (Wildman–Crippen LogP) is 1.15. The molecule has 0 spiro atoms. The Bertz CT molecular complexity index is 67.7. The van der Waals surface area contributed by atoms with Gasteiger partial charge in [-0.3, -0.25) is 0 Å². The first-order valence-electron chi connectivity index (χ1n) is 4.00. The largest absolute Gasteiger partial charge is 0.400 e. The first-order chi connectivity index (χ1) is 4.79.